The molecule has 1 fully saturated rings. The van der Waals surface area contributed by atoms with E-state index in [1.807, 2.05) is 37.6 Å². The summed E-state index contributed by atoms with van der Waals surface area (Å²) in [5.41, 5.74) is 3.93. The number of aryl methyl sites for hydroxylation is 2. The lowest BCUT2D eigenvalue weighted by atomic mass is 9.92. The van der Waals surface area contributed by atoms with Crippen LogP contribution in [0.3, 0.4) is 0 Å². The summed E-state index contributed by atoms with van der Waals surface area (Å²) in [6.45, 7) is 4.53. The number of nitrogens with zero attached hydrogens (tertiary/aromatic N) is 1. The number of aliphatic hydroxyl groups is 1. The first-order valence-corrected chi connectivity index (χ1v) is 9.87. The maximum atomic E-state index is 12.7. The van der Waals surface area contributed by atoms with E-state index in [0.717, 1.165) is 51.5 Å². The molecule has 0 spiro atoms. The van der Waals surface area contributed by atoms with Crippen LogP contribution in [0.4, 0.5) is 0 Å². The fourth-order valence-electron chi connectivity index (χ4n) is 3.55. The first-order chi connectivity index (χ1) is 13.0. The number of thiazole rings is 1. The molecule has 3 aromatic rings. The van der Waals surface area contributed by atoms with Crippen LogP contribution in [0, 0.1) is 13.8 Å². The Kier molecular flexibility index (Phi) is 4.65. The van der Waals surface area contributed by atoms with Gasteiger partial charge in [0.05, 0.1) is 28.1 Å². The Morgan fingerprint density at radius 3 is 2.89 bits per heavy atom. The van der Waals surface area contributed by atoms with Crippen molar-refractivity contribution in [1.82, 2.24) is 10.3 Å². The molecule has 0 radical (unpaired) electrons. The van der Waals surface area contributed by atoms with Crippen molar-refractivity contribution in [3.63, 3.8) is 0 Å². The summed E-state index contributed by atoms with van der Waals surface area (Å²) in [4.78, 5) is 18.0. The van der Waals surface area contributed by atoms with Crippen LogP contribution in [0.5, 0.6) is 5.75 Å². The molecule has 0 aliphatic heterocycles. The summed E-state index contributed by atoms with van der Waals surface area (Å²) in [5, 5.41) is 12.7. The van der Waals surface area contributed by atoms with Gasteiger partial charge in [-0.25, -0.2) is 4.98 Å². The molecule has 2 N–H and O–H groups in total. The van der Waals surface area contributed by atoms with Gasteiger partial charge in [-0.05, 0) is 44.9 Å². The number of fused-ring (bicyclic) bond motifs is 1. The summed E-state index contributed by atoms with van der Waals surface area (Å²) in [7, 11) is 0. The Hall–Kier alpha value is -2.38. The second-order valence-electron chi connectivity index (χ2n) is 6.90. The van der Waals surface area contributed by atoms with Gasteiger partial charge in [-0.15, -0.1) is 11.3 Å². The SMILES string of the molecule is Cc1ncsc1COc1ccc2oc(C)c(C3(C(=O)NCCO)CC3)c2c1. The van der Waals surface area contributed by atoms with Gasteiger partial charge >= 0.3 is 0 Å². The molecule has 1 amide bonds. The zero-order valence-electron chi connectivity index (χ0n) is 15.4. The molecule has 6 nitrogen and oxygen atoms in total. The minimum absolute atomic E-state index is 0.0473. The normalized spacial score (nSPS) is 15.1. The standard InChI is InChI=1S/C20H22N2O4S/c1-12-17(27-11-22-12)10-25-14-3-4-16-15(9-14)18(13(2)26-16)20(5-6-20)19(24)21-7-8-23/h3-4,9,11,23H,5-8,10H2,1-2H3,(H,21,24). The number of hydrogen-bond acceptors (Lipinski definition) is 6. The van der Waals surface area contributed by atoms with Crippen LogP contribution >= 0.6 is 11.3 Å². The topological polar surface area (TPSA) is 84.6 Å². The lowest BCUT2D eigenvalue weighted by molar-refractivity contribution is -0.123. The van der Waals surface area contributed by atoms with Crippen molar-refractivity contribution >= 4 is 28.2 Å². The van der Waals surface area contributed by atoms with Crippen molar-refractivity contribution in [1.29, 1.82) is 0 Å². The fraction of sp³-hybridized carbons (Fsp3) is 0.400. The first-order valence-electron chi connectivity index (χ1n) is 9.00. The van der Waals surface area contributed by atoms with Crippen molar-refractivity contribution in [2.24, 2.45) is 0 Å². The highest BCUT2D eigenvalue weighted by atomic mass is 32.1. The van der Waals surface area contributed by atoms with E-state index in [4.69, 9.17) is 14.3 Å². The average molecular weight is 386 g/mol. The van der Waals surface area contributed by atoms with E-state index in [-0.39, 0.29) is 19.1 Å². The van der Waals surface area contributed by atoms with Gasteiger partial charge in [0.15, 0.2) is 0 Å². The van der Waals surface area contributed by atoms with Crippen molar-refractivity contribution in [2.45, 2.75) is 38.7 Å². The number of furan rings is 1. The fourth-order valence-corrected chi connectivity index (χ4v) is 4.24. The molecule has 1 aliphatic rings. The van der Waals surface area contributed by atoms with Crippen molar-refractivity contribution in [2.75, 3.05) is 13.2 Å². The number of aromatic nitrogens is 1. The van der Waals surface area contributed by atoms with E-state index in [1.165, 1.54) is 0 Å². The molecular formula is C20H22N2O4S. The van der Waals surface area contributed by atoms with Crippen molar-refractivity contribution in [3.05, 3.63) is 45.6 Å². The molecule has 4 rings (SSSR count). The summed E-state index contributed by atoms with van der Waals surface area (Å²) in [6.07, 6.45) is 1.57. The summed E-state index contributed by atoms with van der Waals surface area (Å²) in [5.74, 6) is 1.45. The predicted octanol–water partition coefficient (Wildman–Crippen LogP) is 3.23. The van der Waals surface area contributed by atoms with Crippen LogP contribution in [0.25, 0.3) is 11.0 Å². The van der Waals surface area contributed by atoms with Crippen molar-refractivity contribution < 1.29 is 19.1 Å². The average Bonchev–Trinajstić information content (AvgIpc) is 3.24. The number of nitrogens with one attached hydrogen (secondary N) is 1. The number of aliphatic hydroxyl groups excluding tert-OH is 1. The third-order valence-corrected chi connectivity index (χ3v) is 6.02. The number of benzene rings is 1. The molecule has 1 aromatic carbocycles. The Bertz CT molecular complexity index is 987. The summed E-state index contributed by atoms with van der Waals surface area (Å²) >= 11 is 1.58. The number of ether oxygens (including phenoxy) is 1. The van der Waals surface area contributed by atoms with Crippen LogP contribution in [-0.2, 0) is 16.8 Å². The predicted molar refractivity (Wildman–Crippen MR) is 103 cm³/mol. The molecule has 142 valence electrons. The highest BCUT2D eigenvalue weighted by molar-refractivity contribution is 7.09. The molecule has 2 heterocycles. The van der Waals surface area contributed by atoms with E-state index < -0.39 is 5.41 Å². The Balaban J connectivity index is 1.64. The van der Waals surface area contributed by atoms with Crippen LogP contribution < -0.4 is 10.1 Å². The monoisotopic (exact) mass is 386 g/mol. The highest BCUT2D eigenvalue weighted by Crippen LogP contribution is 2.53. The molecule has 0 bridgehead atoms. The molecule has 0 saturated heterocycles. The number of carbonyl (C=O) groups excluding carboxylic acids is 1. The van der Waals surface area contributed by atoms with Crippen LogP contribution in [-0.4, -0.2) is 29.1 Å². The van der Waals surface area contributed by atoms with Gasteiger partial charge in [0.2, 0.25) is 5.91 Å². The number of hydrogen-bond donors (Lipinski definition) is 2. The second kappa shape index (κ2) is 6.98. The third kappa shape index (κ3) is 3.21. The smallest absolute Gasteiger partial charge is 0.230 e. The zero-order chi connectivity index (χ0) is 19.0. The van der Waals surface area contributed by atoms with E-state index in [0.29, 0.717) is 6.61 Å². The van der Waals surface area contributed by atoms with E-state index >= 15 is 0 Å². The van der Waals surface area contributed by atoms with E-state index in [1.54, 1.807) is 11.3 Å². The molecule has 1 saturated carbocycles. The first kappa shape index (κ1) is 18.0. The highest BCUT2D eigenvalue weighted by Gasteiger charge is 2.53. The van der Waals surface area contributed by atoms with E-state index in [9.17, 15) is 4.79 Å². The van der Waals surface area contributed by atoms with Gasteiger partial charge in [-0.3, -0.25) is 4.79 Å². The number of carbonyl (C=O) groups is 1. The van der Waals surface area contributed by atoms with Crippen molar-refractivity contribution in [3.8, 4) is 5.75 Å². The van der Waals surface area contributed by atoms with Gasteiger partial charge in [0, 0.05) is 17.5 Å². The number of amides is 1. The summed E-state index contributed by atoms with van der Waals surface area (Å²) < 4.78 is 11.9. The molecule has 1 aliphatic carbocycles. The second-order valence-corrected chi connectivity index (χ2v) is 7.84. The Morgan fingerprint density at radius 2 is 2.22 bits per heavy atom. The lowest BCUT2D eigenvalue weighted by Crippen LogP contribution is -2.36. The Labute approximate surface area is 161 Å². The largest absolute Gasteiger partial charge is 0.488 e. The lowest BCUT2D eigenvalue weighted by Gasteiger charge is -2.15. The molecule has 0 atom stereocenters. The molecule has 27 heavy (non-hydrogen) atoms. The maximum absolute atomic E-state index is 12.7. The van der Waals surface area contributed by atoms with Gasteiger partial charge in [0.25, 0.3) is 0 Å². The van der Waals surface area contributed by atoms with Gasteiger partial charge < -0.3 is 19.6 Å². The minimum atomic E-state index is -0.558. The summed E-state index contributed by atoms with van der Waals surface area (Å²) in [6, 6.07) is 5.73. The third-order valence-electron chi connectivity index (χ3n) is 5.11. The molecule has 7 heteroatoms. The van der Waals surface area contributed by atoms with Crippen LogP contribution in [0.1, 0.15) is 34.7 Å². The van der Waals surface area contributed by atoms with Gasteiger partial charge in [0.1, 0.15) is 23.7 Å². The Morgan fingerprint density at radius 1 is 1.41 bits per heavy atom. The quantitative estimate of drug-likeness (QED) is 0.651. The molecule has 2 aromatic heterocycles. The molecule has 0 unspecified atom stereocenters. The number of rotatable bonds is 7. The van der Waals surface area contributed by atoms with E-state index in [2.05, 4.69) is 10.3 Å². The van der Waals surface area contributed by atoms with Crippen LogP contribution in [0.15, 0.2) is 28.1 Å². The molecular weight excluding hydrogens is 364 g/mol. The van der Waals surface area contributed by atoms with Gasteiger partial charge in [-0.1, -0.05) is 0 Å². The zero-order valence-corrected chi connectivity index (χ0v) is 16.2. The minimum Gasteiger partial charge on any atom is -0.488 e. The van der Waals surface area contributed by atoms with Gasteiger partial charge in [-0.2, -0.15) is 0 Å². The van der Waals surface area contributed by atoms with Crippen LogP contribution in [0.2, 0.25) is 0 Å². The maximum Gasteiger partial charge on any atom is 0.230 e.